The predicted octanol–water partition coefficient (Wildman–Crippen LogP) is 3.99. The van der Waals surface area contributed by atoms with E-state index >= 15 is 0 Å². The van der Waals surface area contributed by atoms with E-state index in [0.29, 0.717) is 24.3 Å². The van der Waals surface area contributed by atoms with E-state index in [1.165, 1.54) is 7.11 Å². The molecule has 5 heteroatoms. The number of ether oxygens (including phenoxy) is 2. The molecule has 0 aromatic heterocycles. The Bertz CT molecular complexity index is 854. The average Bonchev–Trinajstić information content (AvgIpc) is 2.63. The van der Waals surface area contributed by atoms with Gasteiger partial charge in [-0.2, -0.15) is 0 Å². The Morgan fingerprint density at radius 3 is 2.58 bits per heavy atom. The molecule has 0 spiro atoms. The summed E-state index contributed by atoms with van der Waals surface area (Å²) < 4.78 is 11.2. The van der Waals surface area contributed by atoms with Crippen molar-refractivity contribution in [3.05, 3.63) is 53.6 Å². The minimum Gasteiger partial charge on any atom is -0.508 e. The van der Waals surface area contributed by atoms with Gasteiger partial charge in [-0.05, 0) is 24.1 Å². The van der Waals surface area contributed by atoms with Crippen LogP contribution in [0.1, 0.15) is 36.5 Å². The van der Waals surface area contributed by atoms with Crippen molar-refractivity contribution in [1.29, 1.82) is 0 Å². The highest BCUT2D eigenvalue weighted by Gasteiger charge is 2.31. The van der Waals surface area contributed by atoms with Gasteiger partial charge in [-0.1, -0.05) is 26.0 Å². The van der Waals surface area contributed by atoms with E-state index in [1.54, 1.807) is 18.2 Å². The number of fused-ring (bicyclic) bond motifs is 1. The molecule has 1 atom stereocenters. The maximum absolute atomic E-state index is 10.5. The second-order valence-corrected chi connectivity index (χ2v) is 7.17. The SMILES string of the molecule is C=CC(C)(C)c1cc([C@H]2COc3cc(O)ccc3C2)c(OC)c(O)c1O. The highest BCUT2D eigenvalue weighted by Crippen LogP contribution is 2.49. The number of hydrogen-bond acceptors (Lipinski definition) is 5. The lowest BCUT2D eigenvalue weighted by molar-refractivity contribution is 0.255. The molecule has 0 saturated carbocycles. The van der Waals surface area contributed by atoms with E-state index in [2.05, 4.69) is 6.58 Å². The molecule has 0 saturated heterocycles. The zero-order valence-corrected chi connectivity index (χ0v) is 15.2. The Balaban J connectivity index is 2.10. The van der Waals surface area contributed by atoms with Gasteiger partial charge in [0, 0.05) is 28.5 Å². The van der Waals surface area contributed by atoms with Crippen LogP contribution in [0.15, 0.2) is 36.9 Å². The summed E-state index contributed by atoms with van der Waals surface area (Å²) in [6, 6.07) is 6.92. The standard InChI is InChI=1S/C21H24O5/c1-5-21(2,3)16-10-15(20(25-4)19(24)18(16)23)13-8-12-6-7-14(22)9-17(12)26-11-13/h5-7,9-10,13,22-24H,1,8,11H2,2-4H3/t13-/m1/s1. The number of rotatable bonds is 4. The molecular weight excluding hydrogens is 332 g/mol. The zero-order valence-electron chi connectivity index (χ0n) is 15.2. The van der Waals surface area contributed by atoms with Crippen molar-refractivity contribution < 1.29 is 24.8 Å². The lowest BCUT2D eigenvalue weighted by Gasteiger charge is -2.30. The summed E-state index contributed by atoms with van der Waals surface area (Å²) in [5.74, 6) is 0.547. The van der Waals surface area contributed by atoms with Crippen molar-refractivity contribution in [2.24, 2.45) is 0 Å². The van der Waals surface area contributed by atoms with Gasteiger partial charge in [0.25, 0.3) is 0 Å². The minimum absolute atomic E-state index is 0.0622. The Morgan fingerprint density at radius 1 is 1.19 bits per heavy atom. The first-order chi connectivity index (χ1) is 12.3. The summed E-state index contributed by atoms with van der Waals surface area (Å²) in [5, 5.41) is 30.6. The smallest absolute Gasteiger partial charge is 0.201 e. The normalized spacial score (nSPS) is 16.5. The van der Waals surface area contributed by atoms with Crippen molar-refractivity contribution in [3.8, 4) is 28.7 Å². The Hall–Kier alpha value is -2.82. The Labute approximate surface area is 153 Å². The molecule has 3 N–H and O–H groups in total. The molecule has 1 aliphatic heterocycles. The molecule has 0 amide bonds. The van der Waals surface area contributed by atoms with Gasteiger partial charge in [0.1, 0.15) is 11.5 Å². The van der Waals surface area contributed by atoms with E-state index in [0.717, 1.165) is 11.1 Å². The Morgan fingerprint density at radius 2 is 1.92 bits per heavy atom. The predicted molar refractivity (Wildman–Crippen MR) is 99.6 cm³/mol. The lowest BCUT2D eigenvalue weighted by Crippen LogP contribution is -2.21. The monoisotopic (exact) mass is 356 g/mol. The van der Waals surface area contributed by atoms with Gasteiger partial charge < -0.3 is 24.8 Å². The van der Waals surface area contributed by atoms with E-state index < -0.39 is 5.41 Å². The third kappa shape index (κ3) is 2.94. The first-order valence-corrected chi connectivity index (χ1v) is 8.50. The summed E-state index contributed by atoms with van der Waals surface area (Å²) >= 11 is 0. The van der Waals surface area contributed by atoms with Crippen LogP contribution in [0, 0.1) is 0 Å². The van der Waals surface area contributed by atoms with Crippen LogP contribution in [0.2, 0.25) is 0 Å². The third-order valence-electron chi connectivity index (χ3n) is 5.06. The van der Waals surface area contributed by atoms with Crippen LogP contribution in [-0.4, -0.2) is 29.0 Å². The summed E-state index contributed by atoms with van der Waals surface area (Å²) in [6.45, 7) is 8.04. The summed E-state index contributed by atoms with van der Waals surface area (Å²) in [5.41, 5.74) is 1.80. The molecule has 2 aromatic carbocycles. The molecule has 5 nitrogen and oxygen atoms in total. The van der Waals surface area contributed by atoms with E-state index in [-0.39, 0.29) is 28.9 Å². The summed E-state index contributed by atoms with van der Waals surface area (Å²) in [4.78, 5) is 0. The van der Waals surface area contributed by atoms with Crippen molar-refractivity contribution in [2.45, 2.75) is 31.6 Å². The lowest BCUT2D eigenvalue weighted by atomic mass is 9.80. The van der Waals surface area contributed by atoms with Gasteiger partial charge in [0.05, 0.1) is 13.7 Å². The highest BCUT2D eigenvalue weighted by molar-refractivity contribution is 5.62. The average molecular weight is 356 g/mol. The number of phenols is 3. The highest BCUT2D eigenvalue weighted by atomic mass is 16.5. The minimum atomic E-state index is -0.526. The van der Waals surface area contributed by atoms with Gasteiger partial charge in [-0.25, -0.2) is 0 Å². The molecule has 0 fully saturated rings. The van der Waals surface area contributed by atoms with Crippen LogP contribution in [0.4, 0.5) is 0 Å². The fraction of sp³-hybridized carbons (Fsp3) is 0.333. The van der Waals surface area contributed by atoms with Gasteiger partial charge in [-0.3, -0.25) is 0 Å². The molecule has 3 rings (SSSR count). The molecular formula is C21H24O5. The number of hydrogen-bond donors (Lipinski definition) is 3. The fourth-order valence-corrected chi connectivity index (χ4v) is 3.34. The summed E-state index contributed by atoms with van der Waals surface area (Å²) in [6.07, 6.45) is 2.40. The van der Waals surface area contributed by atoms with Crippen LogP contribution < -0.4 is 9.47 Å². The molecule has 26 heavy (non-hydrogen) atoms. The van der Waals surface area contributed by atoms with Crippen LogP contribution in [0.5, 0.6) is 28.7 Å². The molecule has 0 bridgehead atoms. The van der Waals surface area contributed by atoms with Crippen molar-refractivity contribution in [2.75, 3.05) is 13.7 Å². The molecule has 0 radical (unpaired) electrons. The first kappa shape index (κ1) is 18.0. The third-order valence-corrected chi connectivity index (χ3v) is 5.06. The van der Waals surface area contributed by atoms with Crippen LogP contribution in [-0.2, 0) is 11.8 Å². The second-order valence-electron chi connectivity index (χ2n) is 7.17. The quantitative estimate of drug-likeness (QED) is 0.570. The van der Waals surface area contributed by atoms with Gasteiger partial charge in [-0.15, -0.1) is 6.58 Å². The van der Waals surface area contributed by atoms with E-state index in [4.69, 9.17) is 9.47 Å². The molecule has 0 unspecified atom stereocenters. The largest absolute Gasteiger partial charge is 0.508 e. The van der Waals surface area contributed by atoms with Crippen LogP contribution in [0.3, 0.4) is 0 Å². The second kappa shape index (κ2) is 6.48. The number of allylic oxidation sites excluding steroid dienone is 1. The zero-order chi connectivity index (χ0) is 19.1. The van der Waals surface area contributed by atoms with Gasteiger partial charge in [0.2, 0.25) is 5.75 Å². The number of methoxy groups -OCH3 is 1. The number of benzene rings is 2. The van der Waals surface area contributed by atoms with Gasteiger partial charge in [0.15, 0.2) is 11.5 Å². The molecule has 1 heterocycles. The van der Waals surface area contributed by atoms with E-state index in [9.17, 15) is 15.3 Å². The first-order valence-electron chi connectivity index (χ1n) is 8.50. The van der Waals surface area contributed by atoms with E-state index in [1.807, 2.05) is 26.0 Å². The molecule has 2 aromatic rings. The van der Waals surface area contributed by atoms with Crippen molar-refractivity contribution in [3.63, 3.8) is 0 Å². The van der Waals surface area contributed by atoms with Crippen molar-refractivity contribution in [1.82, 2.24) is 0 Å². The van der Waals surface area contributed by atoms with Crippen molar-refractivity contribution >= 4 is 0 Å². The number of phenolic OH excluding ortho intramolecular Hbond substituents is 3. The Kier molecular flexibility index (Phi) is 4.48. The maximum atomic E-state index is 10.5. The molecule has 138 valence electrons. The maximum Gasteiger partial charge on any atom is 0.201 e. The van der Waals surface area contributed by atoms with Gasteiger partial charge >= 0.3 is 0 Å². The molecule has 0 aliphatic carbocycles. The summed E-state index contributed by atoms with van der Waals surface area (Å²) in [7, 11) is 1.46. The van der Waals surface area contributed by atoms with Crippen LogP contribution >= 0.6 is 0 Å². The topological polar surface area (TPSA) is 79.2 Å². The molecule has 1 aliphatic rings. The fourth-order valence-electron chi connectivity index (χ4n) is 3.34. The van der Waals surface area contributed by atoms with Crippen LogP contribution in [0.25, 0.3) is 0 Å². The number of aromatic hydroxyl groups is 3.